The van der Waals surface area contributed by atoms with E-state index in [9.17, 15) is 14.7 Å². The van der Waals surface area contributed by atoms with Gasteiger partial charge in [-0.25, -0.2) is 0 Å². The summed E-state index contributed by atoms with van der Waals surface area (Å²) in [5.41, 5.74) is 2.72. The first kappa shape index (κ1) is 22.3. The van der Waals surface area contributed by atoms with Gasteiger partial charge in [-0.05, 0) is 37.0 Å². The Hall–Kier alpha value is -2.54. The first-order valence-corrected chi connectivity index (χ1v) is 12.4. The van der Waals surface area contributed by atoms with Crippen molar-refractivity contribution >= 4 is 22.7 Å². The van der Waals surface area contributed by atoms with E-state index in [1.165, 1.54) is 6.42 Å². The smallest absolute Gasteiger partial charge is 0.226 e. The van der Waals surface area contributed by atoms with Crippen molar-refractivity contribution in [3.63, 3.8) is 0 Å². The van der Waals surface area contributed by atoms with Crippen LogP contribution in [0.2, 0.25) is 0 Å². The molecule has 0 radical (unpaired) electrons. The molecule has 7 nitrogen and oxygen atoms in total. The van der Waals surface area contributed by atoms with E-state index in [1.54, 1.807) is 7.11 Å². The van der Waals surface area contributed by atoms with E-state index in [4.69, 9.17) is 4.74 Å². The number of aromatic nitrogens is 1. The minimum absolute atomic E-state index is 0.0359. The molecule has 1 atom stereocenters. The van der Waals surface area contributed by atoms with Gasteiger partial charge in [-0.15, -0.1) is 0 Å². The Morgan fingerprint density at radius 3 is 2.61 bits per heavy atom. The lowest BCUT2D eigenvalue weighted by Crippen LogP contribution is -2.68. The number of amides is 2. The SMILES string of the molecule is CCCC(=O)N1CC2(C1)CN(C(=O)C1CCCCC1)[C@H](CO)c1[nH]c3cc(OC)ccc3c12. The third kappa shape index (κ3) is 3.61. The molecule has 3 heterocycles. The van der Waals surface area contributed by atoms with Crippen molar-refractivity contribution in [3.8, 4) is 5.75 Å². The van der Waals surface area contributed by atoms with Crippen molar-refractivity contribution in [2.45, 2.75) is 63.3 Å². The number of rotatable bonds is 5. The Labute approximate surface area is 195 Å². The first-order valence-electron chi connectivity index (χ1n) is 12.4. The Bertz CT molecular complexity index is 1050. The average molecular weight is 454 g/mol. The van der Waals surface area contributed by atoms with E-state index in [1.807, 2.05) is 28.9 Å². The van der Waals surface area contributed by atoms with E-state index >= 15 is 0 Å². The molecule has 7 heteroatoms. The number of likely N-dealkylation sites (tertiary alicyclic amines) is 1. The molecule has 5 rings (SSSR count). The molecule has 2 N–H and O–H groups in total. The van der Waals surface area contributed by atoms with E-state index in [0.717, 1.165) is 60.0 Å². The molecule has 2 aliphatic heterocycles. The van der Waals surface area contributed by atoms with Crippen LogP contribution in [0.4, 0.5) is 0 Å². The van der Waals surface area contributed by atoms with Crippen molar-refractivity contribution in [2.75, 3.05) is 33.4 Å². The number of nitrogens with one attached hydrogen (secondary N) is 1. The van der Waals surface area contributed by atoms with Crippen molar-refractivity contribution < 1.29 is 19.4 Å². The third-order valence-electron chi connectivity index (χ3n) is 7.96. The quantitative estimate of drug-likeness (QED) is 0.725. The van der Waals surface area contributed by atoms with Crippen LogP contribution in [0.1, 0.15) is 69.2 Å². The second-order valence-electron chi connectivity index (χ2n) is 10.1. The monoisotopic (exact) mass is 453 g/mol. The fourth-order valence-electron chi connectivity index (χ4n) is 6.31. The van der Waals surface area contributed by atoms with E-state index in [-0.39, 0.29) is 35.8 Å². The van der Waals surface area contributed by atoms with Gasteiger partial charge in [-0.1, -0.05) is 26.2 Å². The highest BCUT2D eigenvalue weighted by Gasteiger charge is 2.55. The topological polar surface area (TPSA) is 85.9 Å². The van der Waals surface area contributed by atoms with Crippen molar-refractivity contribution in [1.82, 2.24) is 14.8 Å². The van der Waals surface area contributed by atoms with Crippen LogP contribution in [0.3, 0.4) is 0 Å². The van der Waals surface area contributed by atoms with Gasteiger partial charge in [0.15, 0.2) is 0 Å². The number of aromatic amines is 1. The molecule has 33 heavy (non-hydrogen) atoms. The summed E-state index contributed by atoms with van der Waals surface area (Å²) in [5, 5.41) is 11.5. The first-order chi connectivity index (χ1) is 16.0. The molecule has 1 spiro atoms. The third-order valence-corrected chi connectivity index (χ3v) is 7.96. The van der Waals surface area contributed by atoms with Crippen molar-refractivity contribution in [1.29, 1.82) is 0 Å². The van der Waals surface area contributed by atoms with Gasteiger partial charge in [0.05, 0.1) is 25.2 Å². The Balaban J connectivity index is 1.57. The standard InChI is InChI=1S/C26H35N3O4/c1-3-7-22(31)28-14-26(15-28)16-29(25(32)17-8-5-4-6-9-17)21(13-30)24-23(26)19-11-10-18(33-2)12-20(19)27-24/h10-12,17,21,27,30H,3-9,13-16H2,1-2H3/t21-/m1/s1. The molecule has 2 fully saturated rings. The van der Waals surface area contributed by atoms with Crippen LogP contribution in [0.25, 0.3) is 10.9 Å². The maximum absolute atomic E-state index is 13.7. The summed E-state index contributed by atoms with van der Waals surface area (Å²) < 4.78 is 5.43. The summed E-state index contributed by atoms with van der Waals surface area (Å²) in [6.45, 7) is 3.68. The minimum atomic E-state index is -0.390. The molecule has 0 bridgehead atoms. The zero-order chi connectivity index (χ0) is 23.2. The second-order valence-corrected chi connectivity index (χ2v) is 10.1. The van der Waals surface area contributed by atoms with Gasteiger partial charge in [0.1, 0.15) is 5.75 Å². The van der Waals surface area contributed by atoms with Gasteiger partial charge in [-0.3, -0.25) is 9.59 Å². The molecule has 178 valence electrons. The molecule has 1 saturated heterocycles. The number of hydrogen-bond donors (Lipinski definition) is 2. The lowest BCUT2D eigenvalue weighted by molar-refractivity contribution is -0.148. The van der Waals surface area contributed by atoms with E-state index < -0.39 is 0 Å². The molecular formula is C26H35N3O4. The maximum atomic E-state index is 13.7. The predicted molar refractivity (Wildman–Crippen MR) is 126 cm³/mol. The van der Waals surface area contributed by atoms with Crippen molar-refractivity contribution in [3.05, 3.63) is 29.5 Å². The summed E-state index contributed by atoms with van der Waals surface area (Å²) >= 11 is 0. The normalized spacial score (nSPS) is 22.3. The average Bonchev–Trinajstić information content (AvgIpc) is 3.20. The van der Waals surface area contributed by atoms with Crippen LogP contribution in [-0.2, 0) is 15.0 Å². The van der Waals surface area contributed by atoms with Gasteiger partial charge >= 0.3 is 0 Å². The van der Waals surface area contributed by atoms with Gasteiger partial charge in [0, 0.05) is 54.6 Å². The fourth-order valence-corrected chi connectivity index (χ4v) is 6.31. The molecule has 3 aliphatic rings. The number of aliphatic hydroxyl groups excluding tert-OH is 1. The lowest BCUT2D eigenvalue weighted by Gasteiger charge is -2.56. The van der Waals surface area contributed by atoms with Crippen LogP contribution in [0.15, 0.2) is 18.2 Å². The van der Waals surface area contributed by atoms with E-state index in [2.05, 4.69) is 11.1 Å². The number of nitrogens with zero attached hydrogens (tertiary/aromatic N) is 2. The largest absolute Gasteiger partial charge is 0.497 e. The Kier molecular flexibility index (Phi) is 5.85. The molecule has 2 amide bonds. The van der Waals surface area contributed by atoms with Crippen LogP contribution < -0.4 is 4.74 Å². The summed E-state index contributed by atoms with van der Waals surface area (Å²) in [4.78, 5) is 33.7. The Morgan fingerprint density at radius 2 is 1.94 bits per heavy atom. The number of ether oxygens (including phenoxy) is 1. The van der Waals surface area contributed by atoms with Gasteiger partial charge in [-0.2, -0.15) is 0 Å². The molecule has 1 aliphatic carbocycles. The zero-order valence-corrected chi connectivity index (χ0v) is 19.7. The minimum Gasteiger partial charge on any atom is -0.497 e. The number of benzene rings is 1. The number of methoxy groups -OCH3 is 1. The van der Waals surface area contributed by atoms with Crippen molar-refractivity contribution in [2.24, 2.45) is 5.92 Å². The highest BCUT2D eigenvalue weighted by Crippen LogP contribution is 2.49. The number of hydrogen-bond acceptors (Lipinski definition) is 4. The summed E-state index contributed by atoms with van der Waals surface area (Å²) in [7, 11) is 1.65. The molecular weight excluding hydrogens is 418 g/mol. The number of fused-ring (bicyclic) bond motifs is 4. The van der Waals surface area contributed by atoms with Crippen LogP contribution in [-0.4, -0.2) is 65.1 Å². The molecule has 1 saturated carbocycles. The zero-order valence-electron chi connectivity index (χ0n) is 19.7. The highest BCUT2D eigenvalue weighted by atomic mass is 16.5. The summed E-state index contributed by atoms with van der Waals surface area (Å²) in [6.07, 6.45) is 6.62. The summed E-state index contributed by atoms with van der Waals surface area (Å²) in [5.74, 6) is 1.14. The highest BCUT2D eigenvalue weighted by molar-refractivity contribution is 5.90. The fraction of sp³-hybridized carbons (Fsp3) is 0.615. The van der Waals surface area contributed by atoms with Crippen LogP contribution in [0.5, 0.6) is 5.75 Å². The van der Waals surface area contributed by atoms with Crippen LogP contribution in [0, 0.1) is 5.92 Å². The number of carbonyl (C=O) groups excluding carboxylic acids is 2. The van der Waals surface area contributed by atoms with Gasteiger partial charge < -0.3 is 24.6 Å². The van der Waals surface area contributed by atoms with Crippen LogP contribution >= 0.6 is 0 Å². The Morgan fingerprint density at radius 1 is 1.18 bits per heavy atom. The molecule has 1 aromatic carbocycles. The second kappa shape index (κ2) is 8.67. The van der Waals surface area contributed by atoms with E-state index in [0.29, 0.717) is 26.1 Å². The van der Waals surface area contributed by atoms with Gasteiger partial charge in [0.2, 0.25) is 11.8 Å². The summed E-state index contributed by atoms with van der Waals surface area (Å²) in [6, 6.07) is 5.60. The number of carbonyl (C=O) groups is 2. The lowest BCUT2D eigenvalue weighted by atomic mass is 9.68. The number of aliphatic hydroxyl groups is 1. The van der Waals surface area contributed by atoms with Gasteiger partial charge in [0.25, 0.3) is 0 Å². The molecule has 1 aromatic heterocycles. The maximum Gasteiger partial charge on any atom is 0.226 e. The molecule has 2 aromatic rings. The molecule has 0 unspecified atom stereocenters. The predicted octanol–water partition coefficient (Wildman–Crippen LogP) is 3.51. The number of H-pyrrole nitrogens is 1.